The Morgan fingerprint density at radius 1 is 1.36 bits per heavy atom. The second-order valence-corrected chi connectivity index (χ2v) is 9.29. The van der Waals surface area contributed by atoms with Crippen LogP contribution in [0.25, 0.3) is 10.4 Å². The van der Waals surface area contributed by atoms with Gasteiger partial charge in [0.25, 0.3) is 5.91 Å². The van der Waals surface area contributed by atoms with Crippen molar-refractivity contribution in [2.45, 2.75) is 57.4 Å². The minimum Gasteiger partial charge on any atom is -0.394 e. The predicted molar refractivity (Wildman–Crippen MR) is 113 cm³/mol. The number of hydrogen-bond acceptors (Lipinski definition) is 5. The van der Waals surface area contributed by atoms with E-state index >= 15 is 0 Å². The number of likely N-dealkylation sites (tertiary alicyclic amines) is 1. The van der Waals surface area contributed by atoms with Crippen molar-refractivity contribution >= 4 is 17.2 Å². The van der Waals surface area contributed by atoms with Crippen LogP contribution in [-0.4, -0.2) is 46.1 Å². The van der Waals surface area contributed by atoms with Crippen LogP contribution in [0.15, 0.2) is 18.2 Å². The van der Waals surface area contributed by atoms with Gasteiger partial charge in [0.2, 0.25) is 0 Å². The number of fused-ring (bicyclic) bond motifs is 3. The molecule has 1 aromatic heterocycles. The topological polar surface area (TPSA) is 79.5 Å². The fraction of sp³-hybridized carbons (Fsp3) is 0.545. The summed E-state index contributed by atoms with van der Waals surface area (Å²) in [4.78, 5) is 20.8. The van der Waals surface area contributed by atoms with Gasteiger partial charge in [-0.05, 0) is 55.4 Å². The summed E-state index contributed by atoms with van der Waals surface area (Å²) in [6, 6.07) is 6.07. The highest BCUT2D eigenvalue weighted by Gasteiger charge is 2.36. The molecule has 4 rings (SSSR count). The fourth-order valence-electron chi connectivity index (χ4n) is 4.20. The van der Waals surface area contributed by atoms with Gasteiger partial charge in [-0.3, -0.25) is 4.79 Å². The highest BCUT2D eigenvalue weighted by molar-refractivity contribution is 7.15. The SMILES string of the molecule is CCCCCc1nc2c(s1)-c1ccc(C(=O)N3CCC(N)(CO)C3)cc1CC2. The van der Waals surface area contributed by atoms with Gasteiger partial charge in [0.15, 0.2) is 0 Å². The number of aliphatic hydroxyl groups is 1. The highest BCUT2D eigenvalue weighted by Crippen LogP contribution is 2.38. The Labute approximate surface area is 170 Å². The molecule has 6 heteroatoms. The molecule has 5 nitrogen and oxygen atoms in total. The van der Waals surface area contributed by atoms with Crippen molar-refractivity contribution in [3.05, 3.63) is 40.0 Å². The molecule has 0 saturated carbocycles. The Kier molecular flexibility index (Phi) is 5.54. The van der Waals surface area contributed by atoms with Gasteiger partial charge in [0.1, 0.15) is 0 Å². The molecule has 1 aliphatic carbocycles. The molecule has 28 heavy (non-hydrogen) atoms. The molecule has 2 aliphatic rings. The molecule has 1 saturated heterocycles. The molecule has 0 radical (unpaired) electrons. The number of nitrogens with two attached hydrogens (primary N) is 1. The number of rotatable bonds is 6. The third kappa shape index (κ3) is 3.73. The van der Waals surface area contributed by atoms with E-state index in [1.807, 2.05) is 23.5 Å². The van der Waals surface area contributed by atoms with E-state index in [-0.39, 0.29) is 12.5 Å². The predicted octanol–water partition coefficient (Wildman–Crippen LogP) is 3.18. The molecular weight excluding hydrogens is 370 g/mol. The number of aryl methyl sites for hydroxylation is 3. The molecule has 1 aromatic carbocycles. The van der Waals surface area contributed by atoms with Gasteiger partial charge in [-0.15, -0.1) is 11.3 Å². The van der Waals surface area contributed by atoms with Gasteiger partial charge >= 0.3 is 0 Å². The van der Waals surface area contributed by atoms with Gasteiger partial charge < -0.3 is 15.7 Å². The van der Waals surface area contributed by atoms with Crippen molar-refractivity contribution in [3.8, 4) is 10.4 Å². The van der Waals surface area contributed by atoms with Crippen LogP contribution < -0.4 is 5.73 Å². The molecule has 150 valence electrons. The molecule has 1 unspecified atom stereocenters. The lowest BCUT2D eigenvalue weighted by molar-refractivity contribution is 0.0775. The number of carbonyl (C=O) groups excluding carboxylic acids is 1. The zero-order valence-electron chi connectivity index (χ0n) is 16.5. The zero-order chi connectivity index (χ0) is 19.7. The lowest BCUT2D eigenvalue weighted by Crippen LogP contribution is -2.46. The van der Waals surface area contributed by atoms with Crippen molar-refractivity contribution in [1.82, 2.24) is 9.88 Å². The Hall–Kier alpha value is -1.76. The number of unbranched alkanes of at least 4 members (excludes halogenated alkanes) is 2. The van der Waals surface area contributed by atoms with E-state index in [0.29, 0.717) is 19.5 Å². The summed E-state index contributed by atoms with van der Waals surface area (Å²) < 4.78 is 0. The van der Waals surface area contributed by atoms with E-state index < -0.39 is 5.54 Å². The molecule has 1 atom stereocenters. The number of benzene rings is 1. The standard InChI is InChI=1S/C22H29N3O2S/c1-2-3-4-5-19-24-18-9-7-15-12-16(6-8-17(15)20(18)28-19)21(27)25-11-10-22(23,13-25)14-26/h6,8,12,26H,2-5,7,9-11,13-14,23H2,1H3. The highest BCUT2D eigenvalue weighted by atomic mass is 32.1. The molecule has 1 fully saturated rings. The van der Waals surface area contributed by atoms with Gasteiger partial charge in [0, 0.05) is 18.7 Å². The van der Waals surface area contributed by atoms with Crippen molar-refractivity contribution < 1.29 is 9.90 Å². The monoisotopic (exact) mass is 399 g/mol. The van der Waals surface area contributed by atoms with E-state index in [1.165, 1.54) is 46.0 Å². The van der Waals surface area contributed by atoms with Crippen LogP contribution in [-0.2, 0) is 19.3 Å². The maximum absolute atomic E-state index is 12.9. The summed E-state index contributed by atoms with van der Waals surface area (Å²) in [7, 11) is 0. The lowest BCUT2D eigenvalue weighted by atomic mass is 9.92. The molecule has 3 N–H and O–H groups in total. The Balaban J connectivity index is 1.53. The lowest BCUT2D eigenvalue weighted by Gasteiger charge is -2.23. The van der Waals surface area contributed by atoms with E-state index in [0.717, 1.165) is 24.8 Å². The summed E-state index contributed by atoms with van der Waals surface area (Å²) in [5.74, 6) is 0.0129. The first-order valence-electron chi connectivity index (χ1n) is 10.3. The van der Waals surface area contributed by atoms with Crippen LogP contribution in [0, 0.1) is 0 Å². The molecule has 2 aromatic rings. The van der Waals surface area contributed by atoms with Crippen LogP contribution >= 0.6 is 11.3 Å². The third-order valence-corrected chi connectivity index (χ3v) is 7.14. The van der Waals surface area contributed by atoms with E-state index in [9.17, 15) is 9.90 Å². The summed E-state index contributed by atoms with van der Waals surface area (Å²) >= 11 is 1.82. The fourth-order valence-corrected chi connectivity index (χ4v) is 5.42. The Morgan fingerprint density at radius 2 is 2.21 bits per heavy atom. The summed E-state index contributed by atoms with van der Waals surface area (Å²) in [5, 5.41) is 10.7. The first-order chi connectivity index (χ1) is 13.5. The number of carbonyl (C=O) groups is 1. The number of aromatic nitrogens is 1. The first kappa shape index (κ1) is 19.6. The van der Waals surface area contributed by atoms with E-state index in [4.69, 9.17) is 10.7 Å². The Morgan fingerprint density at radius 3 is 2.96 bits per heavy atom. The van der Waals surface area contributed by atoms with Crippen LogP contribution in [0.1, 0.15) is 59.2 Å². The number of thiazole rings is 1. The minimum atomic E-state index is -0.657. The van der Waals surface area contributed by atoms with Gasteiger partial charge in [-0.25, -0.2) is 4.98 Å². The summed E-state index contributed by atoms with van der Waals surface area (Å²) in [6.07, 6.45) is 7.27. The second kappa shape index (κ2) is 7.93. The van der Waals surface area contributed by atoms with Gasteiger partial charge in [0.05, 0.1) is 27.7 Å². The van der Waals surface area contributed by atoms with E-state index in [2.05, 4.69) is 13.0 Å². The minimum absolute atomic E-state index is 0.0129. The molecular formula is C22H29N3O2S. The molecule has 2 heterocycles. The molecule has 0 spiro atoms. The second-order valence-electron chi connectivity index (χ2n) is 8.21. The van der Waals surface area contributed by atoms with Crippen molar-refractivity contribution in [3.63, 3.8) is 0 Å². The maximum atomic E-state index is 12.9. The molecule has 1 aliphatic heterocycles. The van der Waals surface area contributed by atoms with Crippen LogP contribution in [0.2, 0.25) is 0 Å². The third-order valence-electron chi connectivity index (χ3n) is 5.95. The van der Waals surface area contributed by atoms with Gasteiger partial charge in [-0.2, -0.15) is 0 Å². The van der Waals surface area contributed by atoms with Crippen molar-refractivity contribution in [1.29, 1.82) is 0 Å². The quantitative estimate of drug-likeness (QED) is 0.731. The summed E-state index contributed by atoms with van der Waals surface area (Å²) in [5.41, 5.74) is 9.88. The van der Waals surface area contributed by atoms with E-state index in [1.54, 1.807) is 4.90 Å². The largest absolute Gasteiger partial charge is 0.394 e. The van der Waals surface area contributed by atoms with Crippen molar-refractivity contribution in [2.24, 2.45) is 5.73 Å². The molecule has 1 amide bonds. The van der Waals surface area contributed by atoms with Crippen LogP contribution in [0.3, 0.4) is 0 Å². The maximum Gasteiger partial charge on any atom is 0.253 e. The first-order valence-corrected chi connectivity index (χ1v) is 11.2. The smallest absolute Gasteiger partial charge is 0.253 e. The number of aliphatic hydroxyl groups excluding tert-OH is 1. The molecule has 0 bridgehead atoms. The van der Waals surface area contributed by atoms with Crippen LogP contribution in [0.4, 0.5) is 0 Å². The summed E-state index contributed by atoms with van der Waals surface area (Å²) in [6.45, 7) is 3.16. The number of hydrogen-bond donors (Lipinski definition) is 2. The number of amides is 1. The number of nitrogens with zero attached hydrogens (tertiary/aromatic N) is 2. The Bertz CT molecular complexity index is 879. The average molecular weight is 400 g/mol. The zero-order valence-corrected chi connectivity index (χ0v) is 17.4. The van der Waals surface area contributed by atoms with Crippen molar-refractivity contribution in [2.75, 3.05) is 19.7 Å². The van der Waals surface area contributed by atoms with Crippen LogP contribution in [0.5, 0.6) is 0 Å². The normalized spacial score (nSPS) is 20.9. The average Bonchev–Trinajstić information content (AvgIpc) is 3.31. The van der Waals surface area contributed by atoms with Gasteiger partial charge in [-0.1, -0.05) is 25.8 Å².